The lowest BCUT2D eigenvalue weighted by atomic mass is 9.95. The molecule has 178 valence electrons. The van der Waals surface area contributed by atoms with Crippen LogP contribution in [0.2, 0.25) is 10.0 Å². The Bertz CT molecular complexity index is 1090. The fraction of sp³-hybridized carbons (Fsp3) is 0.286. The zero-order chi connectivity index (χ0) is 24.7. The highest BCUT2D eigenvalue weighted by atomic mass is 79.9. The van der Waals surface area contributed by atoms with Crippen LogP contribution in [-0.4, -0.2) is 18.1 Å². The summed E-state index contributed by atoms with van der Waals surface area (Å²) >= 11 is 14.7. The first-order valence-corrected chi connectivity index (χ1v) is 10.8. The summed E-state index contributed by atoms with van der Waals surface area (Å²) in [4.78, 5) is 12.1. The number of carbonyl (C=O) groups is 1. The molecule has 3 rings (SSSR count). The van der Waals surface area contributed by atoms with Crippen LogP contribution >= 0.6 is 39.1 Å². The molecule has 12 heteroatoms. The number of nitrogens with one attached hydrogen (secondary N) is 1. The SMILES string of the molecule is O=C(NC1CC1)c1ccc(C(F)=CC(c2cc(Cl)c(Br)c(Cl)c2)C(F)(F)F)cc1C(F)(F)F. The molecule has 0 aliphatic heterocycles. The topological polar surface area (TPSA) is 29.1 Å². The molecule has 2 aromatic rings. The van der Waals surface area contributed by atoms with Gasteiger partial charge in [0.2, 0.25) is 0 Å². The molecule has 0 bridgehead atoms. The van der Waals surface area contributed by atoms with Gasteiger partial charge in [0.05, 0.1) is 25.6 Å². The molecule has 1 atom stereocenters. The molecule has 2 aromatic carbocycles. The predicted molar refractivity (Wildman–Crippen MR) is 114 cm³/mol. The third-order valence-electron chi connectivity index (χ3n) is 4.79. The average Bonchev–Trinajstić information content (AvgIpc) is 3.51. The van der Waals surface area contributed by atoms with E-state index in [1.165, 1.54) is 0 Å². The Morgan fingerprint density at radius 2 is 1.64 bits per heavy atom. The van der Waals surface area contributed by atoms with E-state index >= 15 is 0 Å². The molecule has 1 fully saturated rings. The first-order chi connectivity index (χ1) is 15.2. The molecule has 0 heterocycles. The van der Waals surface area contributed by atoms with E-state index in [1.807, 2.05) is 0 Å². The molecule has 2 nitrogen and oxygen atoms in total. The number of carbonyl (C=O) groups excluding carboxylic acids is 1. The second-order valence-electron chi connectivity index (χ2n) is 7.34. The molecule has 1 amide bonds. The van der Waals surface area contributed by atoms with Crippen LogP contribution in [0.15, 0.2) is 40.9 Å². The number of hydrogen-bond donors (Lipinski definition) is 1. The van der Waals surface area contributed by atoms with Crippen molar-refractivity contribution in [2.75, 3.05) is 0 Å². The van der Waals surface area contributed by atoms with Crippen LogP contribution in [0.1, 0.15) is 45.8 Å². The van der Waals surface area contributed by atoms with Gasteiger partial charge in [0.15, 0.2) is 0 Å². The lowest BCUT2D eigenvalue weighted by molar-refractivity contribution is -0.140. The van der Waals surface area contributed by atoms with Crippen LogP contribution in [0, 0.1) is 0 Å². The fourth-order valence-electron chi connectivity index (χ4n) is 2.99. The number of hydrogen-bond acceptors (Lipinski definition) is 1. The van der Waals surface area contributed by atoms with Crippen molar-refractivity contribution >= 4 is 50.9 Å². The molecule has 0 aromatic heterocycles. The molecule has 1 aliphatic rings. The van der Waals surface area contributed by atoms with Gasteiger partial charge < -0.3 is 5.32 Å². The van der Waals surface area contributed by atoms with E-state index < -0.39 is 52.3 Å². The van der Waals surface area contributed by atoms with Crippen molar-refractivity contribution in [3.63, 3.8) is 0 Å². The Labute approximate surface area is 201 Å². The van der Waals surface area contributed by atoms with Crippen LogP contribution < -0.4 is 5.32 Å². The summed E-state index contributed by atoms with van der Waals surface area (Å²) in [7, 11) is 0. The molecule has 1 N–H and O–H groups in total. The Hall–Kier alpha value is -1.78. The van der Waals surface area contributed by atoms with Crippen LogP contribution in [0.5, 0.6) is 0 Å². The maximum Gasteiger partial charge on any atom is 0.417 e. The summed E-state index contributed by atoms with van der Waals surface area (Å²) < 4.78 is 96.5. The average molecular weight is 579 g/mol. The van der Waals surface area contributed by atoms with Crippen molar-refractivity contribution in [3.8, 4) is 0 Å². The fourth-order valence-corrected chi connectivity index (χ4v) is 3.73. The summed E-state index contributed by atoms with van der Waals surface area (Å²) in [5.41, 5.74) is -3.48. The quantitative estimate of drug-likeness (QED) is 0.280. The van der Waals surface area contributed by atoms with Crippen molar-refractivity contribution in [1.82, 2.24) is 5.32 Å². The molecule has 33 heavy (non-hydrogen) atoms. The molecule has 0 radical (unpaired) electrons. The maximum absolute atomic E-state index is 14.8. The number of benzene rings is 2. The normalized spacial score (nSPS) is 16.0. The van der Waals surface area contributed by atoms with Crippen molar-refractivity contribution < 1.29 is 35.5 Å². The van der Waals surface area contributed by atoms with Gasteiger partial charge in [0.25, 0.3) is 5.91 Å². The largest absolute Gasteiger partial charge is 0.417 e. The zero-order valence-electron chi connectivity index (χ0n) is 16.2. The lowest BCUT2D eigenvalue weighted by Crippen LogP contribution is -2.28. The Kier molecular flexibility index (Phi) is 7.41. The standard InChI is InChI=1S/C21H13BrCl2F7NO/c22-18-15(23)6-10(7-16(18)24)13(20(26,27)28)8-17(25)9-1-4-12(14(5-9)21(29,30)31)19(33)32-11-2-3-11/h1,4-8,11,13H,2-3H2,(H,32,33). The molecule has 0 saturated heterocycles. The van der Waals surface area contributed by atoms with Crippen LogP contribution in [0.4, 0.5) is 30.7 Å². The van der Waals surface area contributed by atoms with E-state index in [0.717, 1.165) is 24.3 Å². The second kappa shape index (κ2) is 9.46. The van der Waals surface area contributed by atoms with Crippen LogP contribution in [0.25, 0.3) is 5.83 Å². The summed E-state index contributed by atoms with van der Waals surface area (Å²) in [6.07, 6.45) is -8.65. The highest BCUT2D eigenvalue weighted by Gasteiger charge is 2.41. The molecular formula is C21H13BrCl2F7NO. The summed E-state index contributed by atoms with van der Waals surface area (Å²) in [6, 6.07) is 3.48. The minimum atomic E-state index is -5.04. The molecule has 1 aliphatic carbocycles. The number of amides is 1. The minimum Gasteiger partial charge on any atom is -0.349 e. The molecule has 0 spiro atoms. The number of halogens is 10. The van der Waals surface area contributed by atoms with Gasteiger partial charge in [-0.05, 0) is 64.7 Å². The third-order valence-corrected chi connectivity index (χ3v) is 6.70. The van der Waals surface area contributed by atoms with Crippen LogP contribution in [-0.2, 0) is 6.18 Å². The smallest absolute Gasteiger partial charge is 0.349 e. The second-order valence-corrected chi connectivity index (χ2v) is 8.95. The van der Waals surface area contributed by atoms with Crippen molar-refractivity contribution in [2.24, 2.45) is 0 Å². The number of rotatable bonds is 5. The van der Waals surface area contributed by atoms with Crippen molar-refractivity contribution in [3.05, 3.63) is 73.2 Å². The minimum absolute atomic E-state index is 0.134. The lowest BCUT2D eigenvalue weighted by Gasteiger charge is -2.19. The van der Waals surface area contributed by atoms with E-state index in [0.29, 0.717) is 18.9 Å². The maximum atomic E-state index is 14.8. The monoisotopic (exact) mass is 577 g/mol. The number of allylic oxidation sites excluding steroid dienone is 1. The molecule has 1 saturated carbocycles. The first kappa shape index (κ1) is 25.8. The third kappa shape index (κ3) is 6.22. The zero-order valence-corrected chi connectivity index (χ0v) is 19.3. The van der Waals surface area contributed by atoms with Gasteiger partial charge in [-0.2, -0.15) is 26.3 Å². The Morgan fingerprint density at radius 3 is 2.12 bits per heavy atom. The van der Waals surface area contributed by atoms with Crippen molar-refractivity contribution in [2.45, 2.75) is 37.2 Å². The highest BCUT2D eigenvalue weighted by molar-refractivity contribution is 9.10. The Morgan fingerprint density at radius 1 is 1.06 bits per heavy atom. The molecular weight excluding hydrogens is 566 g/mol. The van der Waals surface area contributed by atoms with Gasteiger partial charge in [-0.1, -0.05) is 29.3 Å². The van der Waals surface area contributed by atoms with Gasteiger partial charge in [-0.3, -0.25) is 4.79 Å². The number of alkyl halides is 6. The van der Waals surface area contributed by atoms with Gasteiger partial charge in [0, 0.05) is 11.6 Å². The van der Waals surface area contributed by atoms with E-state index in [1.54, 1.807) is 0 Å². The van der Waals surface area contributed by atoms with E-state index in [9.17, 15) is 35.5 Å². The highest BCUT2D eigenvalue weighted by Crippen LogP contribution is 2.43. The van der Waals surface area contributed by atoms with Crippen molar-refractivity contribution in [1.29, 1.82) is 0 Å². The van der Waals surface area contributed by atoms with E-state index in [4.69, 9.17) is 23.2 Å². The van der Waals surface area contributed by atoms with Gasteiger partial charge in [-0.15, -0.1) is 0 Å². The van der Waals surface area contributed by atoms with Gasteiger partial charge >= 0.3 is 12.4 Å². The Balaban J connectivity index is 2.04. The summed E-state index contributed by atoms with van der Waals surface area (Å²) in [6.45, 7) is 0. The summed E-state index contributed by atoms with van der Waals surface area (Å²) in [5.74, 6) is -5.10. The van der Waals surface area contributed by atoms with E-state index in [-0.39, 0.29) is 26.6 Å². The van der Waals surface area contributed by atoms with Gasteiger partial charge in [0.1, 0.15) is 11.7 Å². The van der Waals surface area contributed by atoms with E-state index in [2.05, 4.69) is 21.2 Å². The van der Waals surface area contributed by atoms with Gasteiger partial charge in [-0.25, -0.2) is 4.39 Å². The first-order valence-electron chi connectivity index (χ1n) is 9.29. The molecule has 1 unspecified atom stereocenters. The summed E-state index contributed by atoms with van der Waals surface area (Å²) in [5, 5.41) is 2.07. The van der Waals surface area contributed by atoms with Crippen LogP contribution in [0.3, 0.4) is 0 Å². The predicted octanol–water partition coefficient (Wildman–Crippen LogP) is 8.32.